The molecule has 4 unspecified atom stereocenters. The van der Waals surface area contributed by atoms with E-state index in [9.17, 15) is 24.0 Å². The molecule has 2 aromatic carbocycles. The molecule has 0 spiro atoms. The van der Waals surface area contributed by atoms with E-state index >= 15 is 0 Å². The van der Waals surface area contributed by atoms with E-state index in [-0.39, 0.29) is 24.5 Å². The first-order valence-electron chi connectivity index (χ1n) is 14.0. The van der Waals surface area contributed by atoms with Crippen molar-refractivity contribution in [1.29, 1.82) is 0 Å². The highest BCUT2D eigenvalue weighted by molar-refractivity contribution is 8.76. The third-order valence-corrected chi connectivity index (χ3v) is 9.40. The van der Waals surface area contributed by atoms with Gasteiger partial charge in [-0.05, 0) is 34.8 Å². The van der Waals surface area contributed by atoms with Crippen LogP contribution in [-0.4, -0.2) is 71.9 Å². The molecule has 2 aliphatic heterocycles. The molecule has 10 nitrogen and oxygen atoms in total. The third-order valence-electron chi connectivity index (χ3n) is 6.95. The zero-order valence-corrected chi connectivity index (χ0v) is 25.2. The van der Waals surface area contributed by atoms with Crippen molar-refractivity contribution >= 4 is 62.0 Å². The Morgan fingerprint density at radius 3 is 2.50 bits per heavy atom. The summed E-state index contributed by atoms with van der Waals surface area (Å²) in [6.07, 6.45) is 3.23. The lowest BCUT2D eigenvalue weighted by Gasteiger charge is -2.27. The topological polar surface area (TPSA) is 143 Å². The molecular formula is C30H36N4O6S2. The van der Waals surface area contributed by atoms with Crippen LogP contribution < -0.4 is 21.3 Å². The highest BCUT2D eigenvalue weighted by Crippen LogP contribution is 2.24. The molecule has 4 rings (SSSR count). The molecule has 1 saturated heterocycles. The number of benzene rings is 2. The molecule has 2 bridgehead atoms. The van der Waals surface area contributed by atoms with Crippen molar-refractivity contribution in [2.24, 2.45) is 5.92 Å². The van der Waals surface area contributed by atoms with Crippen LogP contribution in [0.2, 0.25) is 0 Å². The highest BCUT2D eigenvalue weighted by Gasteiger charge is 2.32. The van der Waals surface area contributed by atoms with E-state index in [1.165, 1.54) is 21.6 Å². The standard InChI is InChI=1S/C30H36N4O6S2/c1-18(2)27-30(39)33-24-17-42-41-13-6-5-11-21(15-25(35)34-27)40-26(36)16-31-28(37)23(32-29(24)38)14-20-10-7-9-19-8-3-4-12-22(19)20/h3-5,7-12,18,21,23-24,27H,6,13-17H2,1-2H3,(H,31,37)(H,32,38)(H,33,39)(H,34,35)/b11-5+. The monoisotopic (exact) mass is 612 g/mol. The molecule has 4 N–H and O–H groups in total. The Hall–Kier alpha value is -3.51. The number of hydrogen-bond donors (Lipinski definition) is 4. The number of fused-ring (bicyclic) bond motifs is 8. The molecule has 0 aromatic heterocycles. The first kappa shape index (κ1) is 31.4. The van der Waals surface area contributed by atoms with Crippen molar-refractivity contribution in [3.63, 3.8) is 0 Å². The summed E-state index contributed by atoms with van der Waals surface area (Å²) in [5.41, 5.74) is 0.842. The van der Waals surface area contributed by atoms with Crippen LogP contribution in [0.5, 0.6) is 0 Å². The van der Waals surface area contributed by atoms with E-state index < -0.39 is 60.4 Å². The molecule has 12 heteroatoms. The van der Waals surface area contributed by atoms with Gasteiger partial charge in [-0.1, -0.05) is 84.0 Å². The van der Waals surface area contributed by atoms with Crippen molar-refractivity contribution in [2.45, 2.75) is 57.3 Å². The molecule has 0 saturated carbocycles. The Kier molecular flexibility index (Phi) is 11.3. The van der Waals surface area contributed by atoms with E-state index in [4.69, 9.17) is 4.74 Å². The van der Waals surface area contributed by atoms with Crippen molar-refractivity contribution in [1.82, 2.24) is 21.3 Å². The minimum atomic E-state index is -1.03. The Morgan fingerprint density at radius 2 is 1.69 bits per heavy atom. The Labute approximate surface area is 252 Å². The third kappa shape index (κ3) is 8.75. The minimum absolute atomic E-state index is 0.159. The molecule has 2 aromatic rings. The van der Waals surface area contributed by atoms with Crippen molar-refractivity contribution in [3.05, 3.63) is 60.2 Å². The smallest absolute Gasteiger partial charge is 0.326 e. The van der Waals surface area contributed by atoms with Crippen molar-refractivity contribution < 1.29 is 28.7 Å². The highest BCUT2D eigenvalue weighted by atomic mass is 33.1. The largest absolute Gasteiger partial charge is 0.456 e. The van der Waals surface area contributed by atoms with Crippen LogP contribution in [0.1, 0.15) is 32.3 Å². The van der Waals surface area contributed by atoms with E-state index in [0.717, 1.165) is 16.3 Å². The number of allylic oxidation sites excluding steroid dienone is 1. The van der Waals surface area contributed by atoms with Gasteiger partial charge in [-0.3, -0.25) is 24.0 Å². The summed E-state index contributed by atoms with van der Waals surface area (Å²) in [6, 6.07) is 10.6. The lowest BCUT2D eigenvalue weighted by Crippen LogP contribution is -2.59. The minimum Gasteiger partial charge on any atom is -0.456 e. The van der Waals surface area contributed by atoms with Crippen molar-refractivity contribution in [3.8, 4) is 0 Å². The van der Waals surface area contributed by atoms with Gasteiger partial charge in [0.05, 0.1) is 6.42 Å². The fraction of sp³-hybridized carbons (Fsp3) is 0.433. The van der Waals surface area contributed by atoms with Gasteiger partial charge in [0.2, 0.25) is 23.6 Å². The number of ether oxygens (including phenoxy) is 1. The van der Waals surface area contributed by atoms with Crippen LogP contribution in [0, 0.1) is 5.92 Å². The number of nitrogens with one attached hydrogen (secondary N) is 4. The second-order valence-corrected chi connectivity index (χ2v) is 13.2. The van der Waals surface area contributed by atoms with Gasteiger partial charge < -0.3 is 26.0 Å². The van der Waals surface area contributed by atoms with Gasteiger partial charge in [0.25, 0.3) is 0 Å². The van der Waals surface area contributed by atoms with Crippen LogP contribution in [0.4, 0.5) is 0 Å². The Morgan fingerprint density at radius 1 is 0.905 bits per heavy atom. The molecule has 4 amide bonds. The maximum atomic E-state index is 13.7. The van der Waals surface area contributed by atoms with E-state index in [1.54, 1.807) is 19.9 Å². The first-order valence-corrected chi connectivity index (χ1v) is 16.4. The fourth-order valence-electron chi connectivity index (χ4n) is 4.75. The van der Waals surface area contributed by atoms with Gasteiger partial charge in [-0.15, -0.1) is 0 Å². The zero-order valence-electron chi connectivity index (χ0n) is 23.6. The normalized spacial score (nSPS) is 25.9. The van der Waals surface area contributed by atoms with Crippen LogP contribution >= 0.6 is 21.6 Å². The van der Waals surface area contributed by atoms with Crippen LogP contribution in [0.15, 0.2) is 54.6 Å². The molecule has 0 radical (unpaired) electrons. The maximum Gasteiger partial charge on any atom is 0.326 e. The molecular weight excluding hydrogens is 576 g/mol. The molecule has 4 atom stereocenters. The van der Waals surface area contributed by atoms with Crippen LogP contribution in [0.3, 0.4) is 0 Å². The number of esters is 1. The predicted molar refractivity (Wildman–Crippen MR) is 164 cm³/mol. The average Bonchev–Trinajstić information content (AvgIpc) is 2.96. The lowest BCUT2D eigenvalue weighted by molar-refractivity contribution is -0.148. The van der Waals surface area contributed by atoms with E-state index in [1.807, 2.05) is 48.5 Å². The van der Waals surface area contributed by atoms with E-state index in [0.29, 0.717) is 12.2 Å². The quantitative estimate of drug-likeness (QED) is 0.235. The number of amides is 4. The number of hydrogen-bond acceptors (Lipinski definition) is 8. The van der Waals surface area contributed by atoms with Gasteiger partial charge in [0, 0.05) is 17.9 Å². The second kappa shape index (κ2) is 15.1. The fourth-order valence-corrected chi connectivity index (χ4v) is 6.90. The summed E-state index contributed by atoms with van der Waals surface area (Å²) in [5.74, 6) is -2.14. The van der Waals surface area contributed by atoms with E-state index in [2.05, 4.69) is 21.3 Å². The Bertz CT molecular complexity index is 1340. The summed E-state index contributed by atoms with van der Waals surface area (Å²) >= 11 is 0. The average molecular weight is 613 g/mol. The number of carbonyl (C=O) groups excluding carboxylic acids is 5. The lowest BCUT2D eigenvalue weighted by atomic mass is 9.98. The summed E-state index contributed by atoms with van der Waals surface area (Å²) in [6.45, 7) is 3.14. The summed E-state index contributed by atoms with van der Waals surface area (Å²) in [4.78, 5) is 66.1. The predicted octanol–water partition coefficient (Wildman–Crippen LogP) is 2.27. The molecule has 2 aliphatic rings. The SMILES string of the molecule is CC(C)C1NC(=O)CC2/C=C/CCSSCC(NC1=O)C(=O)NC(Cc1cccc3ccccc13)C(=O)NCC(=O)O2. The van der Waals surface area contributed by atoms with Gasteiger partial charge in [-0.25, -0.2) is 0 Å². The molecule has 2 heterocycles. The van der Waals surface area contributed by atoms with Gasteiger partial charge in [0.1, 0.15) is 30.8 Å². The molecule has 1 fully saturated rings. The van der Waals surface area contributed by atoms with Gasteiger partial charge in [-0.2, -0.15) is 0 Å². The van der Waals surface area contributed by atoms with Gasteiger partial charge in [0.15, 0.2) is 0 Å². The molecule has 42 heavy (non-hydrogen) atoms. The number of carbonyl (C=O) groups is 5. The van der Waals surface area contributed by atoms with Crippen molar-refractivity contribution in [2.75, 3.05) is 18.1 Å². The van der Waals surface area contributed by atoms with Crippen LogP contribution in [0.25, 0.3) is 10.8 Å². The summed E-state index contributed by atoms with van der Waals surface area (Å²) in [5, 5.41) is 12.9. The second-order valence-electron chi connectivity index (χ2n) is 10.5. The first-order chi connectivity index (χ1) is 20.2. The maximum absolute atomic E-state index is 13.7. The Balaban J connectivity index is 1.70. The zero-order chi connectivity index (χ0) is 30.1. The molecule has 224 valence electrons. The van der Waals surface area contributed by atoms with Gasteiger partial charge >= 0.3 is 5.97 Å². The molecule has 0 aliphatic carbocycles. The summed E-state index contributed by atoms with van der Waals surface area (Å²) in [7, 11) is 2.97. The summed E-state index contributed by atoms with van der Waals surface area (Å²) < 4.78 is 5.54. The number of rotatable bonds is 3. The van der Waals surface area contributed by atoms with Crippen LogP contribution in [-0.2, 0) is 35.1 Å².